The second kappa shape index (κ2) is 7.19. The Bertz CT molecular complexity index is 639. The average Bonchev–Trinajstić information content (AvgIpc) is 3.11. The lowest BCUT2D eigenvalue weighted by Gasteiger charge is -2.35. The number of carbonyl (C=O) groups excluding carboxylic acids is 1. The molecule has 0 radical (unpaired) electrons. The summed E-state index contributed by atoms with van der Waals surface area (Å²) in [6, 6.07) is 4.92. The van der Waals surface area contributed by atoms with E-state index in [9.17, 15) is 9.18 Å². The fourth-order valence-electron chi connectivity index (χ4n) is 2.81. The van der Waals surface area contributed by atoms with E-state index < -0.39 is 5.82 Å². The van der Waals surface area contributed by atoms with E-state index in [0.29, 0.717) is 19.0 Å². The normalized spacial score (nSPS) is 17.0. The number of hydrogen-bond acceptors (Lipinski definition) is 4. The molecule has 1 atom stereocenters. The quantitative estimate of drug-likeness (QED) is 0.858. The van der Waals surface area contributed by atoms with E-state index in [0.717, 1.165) is 24.6 Å². The molecule has 0 bridgehead atoms. The molecule has 0 aliphatic carbocycles. The van der Waals surface area contributed by atoms with Gasteiger partial charge < -0.3 is 4.74 Å². The lowest BCUT2D eigenvalue weighted by molar-refractivity contribution is -0.120. The van der Waals surface area contributed by atoms with E-state index in [2.05, 4.69) is 4.98 Å². The number of thiophene rings is 1. The number of nitrogens with zero attached hydrogens (tertiary/aromatic N) is 2. The zero-order valence-electron chi connectivity index (χ0n) is 12.9. The predicted molar refractivity (Wildman–Crippen MR) is 88.3 cm³/mol. The Balaban J connectivity index is 1.90. The van der Waals surface area contributed by atoms with Crippen LogP contribution in [0.3, 0.4) is 0 Å². The Hall–Kier alpha value is -1.79. The first kappa shape index (κ1) is 16.1. The fourth-order valence-corrected chi connectivity index (χ4v) is 3.56. The van der Waals surface area contributed by atoms with E-state index in [1.807, 2.05) is 23.8 Å². The third kappa shape index (κ3) is 3.59. The molecule has 2 aromatic heterocycles. The van der Waals surface area contributed by atoms with Gasteiger partial charge in [-0.15, -0.1) is 0 Å². The van der Waals surface area contributed by atoms with Gasteiger partial charge in [0.25, 0.3) is 0 Å². The van der Waals surface area contributed by atoms with Crippen molar-refractivity contribution in [2.24, 2.45) is 0 Å². The SMILES string of the molecule is C[C@H](C(=O)N(c1ccc(F)cn1)C1CCOCC1)c1ccsc1. The van der Waals surface area contributed by atoms with Crippen LogP contribution < -0.4 is 4.90 Å². The maximum Gasteiger partial charge on any atom is 0.235 e. The summed E-state index contributed by atoms with van der Waals surface area (Å²) in [7, 11) is 0. The smallest absolute Gasteiger partial charge is 0.235 e. The summed E-state index contributed by atoms with van der Waals surface area (Å²) in [5.74, 6) is -0.158. The van der Waals surface area contributed by atoms with Crippen LogP contribution >= 0.6 is 11.3 Å². The summed E-state index contributed by atoms with van der Waals surface area (Å²) in [6.45, 7) is 3.16. The third-order valence-electron chi connectivity index (χ3n) is 4.17. The van der Waals surface area contributed by atoms with Gasteiger partial charge in [-0.3, -0.25) is 9.69 Å². The maximum atomic E-state index is 13.2. The Morgan fingerprint density at radius 1 is 1.39 bits per heavy atom. The van der Waals surface area contributed by atoms with E-state index in [1.54, 1.807) is 22.3 Å². The molecule has 0 spiro atoms. The molecular formula is C17H19FN2O2S. The number of aromatic nitrogens is 1. The summed E-state index contributed by atoms with van der Waals surface area (Å²) < 4.78 is 18.6. The summed E-state index contributed by atoms with van der Waals surface area (Å²) in [5, 5.41) is 3.96. The molecule has 0 aromatic carbocycles. The van der Waals surface area contributed by atoms with Gasteiger partial charge in [-0.2, -0.15) is 11.3 Å². The second-order valence-corrected chi connectivity index (χ2v) is 6.44. The molecule has 1 amide bonds. The number of amides is 1. The Morgan fingerprint density at radius 2 is 2.17 bits per heavy atom. The Morgan fingerprint density at radius 3 is 2.78 bits per heavy atom. The van der Waals surface area contributed by atoms with Gasteiger partial charge in [-0.05, 0) is 54.3 Å². The highest BCUT2D eigenvalue weighted by Crippen LogP contribution is 2.28. The minimum atomic E-state index is -0.404. The molecule has 23 heavy (non-hydrogen) atoms. The molecule has 122 valence electrons. The number of ether oxygens (including phenoxy) is 1. The van der Waals surface area contributed by atoms with Crippen molar-refractivity contribution in [1.29, 1.82) is 0 Å². The average molecular weight is 334 g/mol. The third-order valence-corrected chi connectivity index (χ3v) is 4.87. The molecule has 0 N–H and O–H groups in total. The highest BCUT2D eigenvalue weighted by atomic mass is 32.1. The molecule has 0 unspecified atom stereocenters. The zero-order valence-corrected chi connectivity index (χ0v) is 13.8. The van der Waals surface area contributed by atoms with Crippen molar-refractivity contribution in [2.45, 2.75) is 31.7 Å². The summed E-state index contributed by atoms with van der Waals surface area (Å²) in [4.78, 5) is 18.9. The first-order valence-corrected chi connectivity index (χ1v) is 8.65. The van der Waals surface area contributed by atoms with Crippen LogP contribution in [0.15, 0.2) is 35.2 Å². The standard InChI is InChI=1S/C17H19FN2O2S/c1-12(13-6-9-23-11-13)17(21)20(15-4-7-22-8-5-15)16-3-2-14(18)10-19-16/h2-3,6,9-12,15H,4-5,7-8H2,1H3/t12-/m0/s1. The number of anilines is 1. The van der Waals surface area contributed by atoms with Crippen molar-refractivity contribution in [3.63, 3.8) is 0 Å². The molecule has 1 aliphatic rings. The first-order valence-electron chi connectivity index (χ1n) is 7.71. The van der Waals surface area contributed by atoms with E-state index in [1.165, 1.54) is 6.07 Å². The molecule has 3 rings (SSSR count). The van der Waals surface area contributed by atoms with Crippen molar-refractivity contribution in [3.8, 4) is 0 Å². The van der Waals surface area contributed by atoms with E-state index in [4.69, 9.17) is 4.74 Å². The predicted octanol–water partition coefficient (Wildman–Crippen LogP) is 3.60. The maximum absolute atomic E-state index is 13.2. The molecule has 2 aromatic rings. The first-order chi connectivity index (χ1) is 11.2. The van der Waals surface area contributed by atoms with Crippen molar-refractivity contribution in [1.82, 2.24) is 4.98 Å². The van der Waals surface area contributed by atoms with Crippen molar-refractivity contribution in [2.75, 3.05) is 18.1 Å². The van der Waals surface area contributed by atoms with Crippen LogP contribution in [0.4, 0.5) is 10.2 Å². The molecular weight excluding hydrogens is 315 g/mol. The lowest BCUT2D eigenvalue weighted by atomic mass is 9.99. The summed E-state index contributed by atoms with van der Waals surface area (Å²) >= 11 is 1.57. The van der Waals surface area contributed by atoms with Gasteiger partial charge in [-0.1, -0.05) is 0 Å². The summed E-state index contributed by atoms with van der Waals surface area (Å²) in [6.07, 6.45) is 2.69. The Labute approximate surface area is 138 Å². The molecule has 3 heterocycles. The minimum Gasteiger partial charge on any atom is -0.381 e. The van der Waals surface area contributed by atoms with E-state index in [-0.39, 0.29) is 17.9 Å². The number of halogens is 1. The van der Waals surface area contributed by atoms with Crippen LogP contribution in [0.2, 0.25) is 0 Å². The number of carbonyl (C=O) groups is 1. The van der Waals surface area contributed by atoms with Gasteiger partial charge in [0.1, 0.15) is 11.6 Å². The van der Waals surface area contributed by atoms with Crippen LogP contribution in [0.1, 0.15) is 31.2 Å². The van der Waals surface area contributed by atoms with Crippen LogP contribution in [-0.2, 0) is 9.53 Å². The van der Waals surface area contributed by atoms with Crippen molar-refractivity contribution < 1.29 is 13.9 Å². The second-order valence-electron chi connectivity index (χ2n) is 5.66. The molecule has 1 fully saturated rings. The number of hydrogen-bond donors (Lipinski definition) is 0. The molecule has 1 aliphatic heterocycles. The Kier molecular flexibility index (Phi) is 5.03. The van der Waals surface area contributed by atoms with Gasteiger partial charge >= 0.3 is 0 Å². The van der Waals surface area contributed by atoms with Gasteiger partial charge in [0.15, 0.2) is 0 Å². The topological polar surface area (TPSA) is 42.4 Å². The fraction of sp³-hybridized carbons (Fsp3) is 0.412. The van der Waals surface area contributed by atoms with Crippen molar-refractivity contribution >= 4 is 23.1 Å². The molecule has 1 saturated heterocycles. The number of pyridine rings is 1. The molecule has 6 heteroatoms. The monoisotopic (exact) mass is 334 g/mol. The molecule has 0 saturated carbocycles. The van der Waals surface area contributed by atoms with Crippen LogP contribution in [0.25, 0.3) is 0 Å². The zero-order chi connectivity index (χ0) is 16.2. The van der Waals surface area contributed by atoms with Gasteiger partial charge in [0.05, 0.1) is 12.1 Å². The van der Waals surface area contributed by atoms with Crippen LogP contribution in [-0.4, -0.2) is 30.1 Å². The van der Waals surface area contributed by atoms with Gasteiger partial charge in [0.2, 0.25) is 5.91 Å². The van der Waals surface area contributed by atoms with Gasteiger partial charge in [-0.25, -0.2) is 9.37 Å². The number of rotatable bonds is 4. The largest absolute Gasteiger partial charge is 0.381 e. The van der Waals surface area contributed by atoms with E-state index >= 15 is 0 Å². The van der Waals surface area contributed by atoms with Crippen molar-refractivity contribution in [3.05, 3.63) is 46.5 Å². The lowest BCUT2D eigenvalue weighted by Crippen LogP contribution is -2.45. The van der Waals surface area contributed by atoms with Crippen LogP contribution in [0.5, 0.6) is 0 Å². The molecule has 4 nitrogen and oxygen atoms in total. The highest BCUT2D eigenvalue weighted by molar-refractivity contribution is 7.08. The van der Waals surface area contributed by atoms with Gasteiger partial charge in [0, 0.05) is 19.3 Å². The van der Waals surface area contributed by atoms with Crippen LogP contribution in [0, 0.1) is 5.82 Å². The summed E-state index contributed by atoms with van der Waals surface area (Å²) in [5.41, 5.74) is 0.999. The highest BCUT2D eigenvalue weighted by Gasteiger charge is 2.31. The minimum absolute atomic E-state index is 0.00518.